The van der Waals surface area contributed by atoms with Crippen LogP contribution in [0.3, 0.4) is 0 Å². The molecular formula is C21H17N3O2S. The van der Waals surface area contributed by atoms with E-state index in [0.29, 0.717) is 12.3 Å². The highest BCUT2D eigenvalue weighted by Gasteiger charge is 2.08. The van der Waals surface area contributed by atoms with E-state index >= 15 is 0 Å². The third-order valence-corrected chi connectivity index (χ3v) is 4.97. The van der Waals surface area contributed by atoms with E-state index in [1.54, 1.807) is 23.5 Å². The number of thiazole rings is 1. The Morgan fingerprint density at radius 2 is 1.81 bits per heavy atom. The molecule has 0 fully saturated rings. The molecular weight excluding hydrogens is 358 g/mol. The third-order valence-electron chi connectivity index (χ3n) is 3.96. The number of amides is 1. The summed E-state index contributed by atoms with van der Waals surface area (Å²) in [7, 11) is 0. The summed E-state index contributed by atoms with van der Waals surface area (Å²) >= 11 is 1.63. The van der Waals surface area contributed by atoms with Gasteiger partial charge in [0.05, 0.1) is 11.1 Å². The molecule has 0 radical (unpaired) electrons. The molecule has 27 heavy (non-hydrogen) atoms. The molecule has 2 aromatic heterocycles. The van der Waals surface area contributed by atoms with E-state index in [-0.39, 0.29) is 5.91 Å². The van der Waals surface area contributed by atoms with Crippen molar-refractivity contribution in [1.82, 2.24) is 4.98 Å². The van der Waals surface area contributed by atoms with E-state index in [2.05, 4.69) is 27.8 Å². The summed E-state index contributed by atoms with van der Waals surface area (Å²) < 4.78 is 5.08. The lowest BCUT2D eigenvalue weighted by Crippen LogP contribution is -2.10. The molecule has 2 N–H and O–H groups in total. The number of nitrogens with one attached hydrogen (secondary N) is 2. The van der Waals surface area contributed by atoms with Gasteiger partial charge in [-0.2, -0.15) is 0 Å². The molecule has 0 aliphatic carbocycles. The molecule has 2 heterocycles. The van der Waals surface area contributed by atoms with E-state index in [4.69, 9.17) is 4.42 Å². The van der Waals surface area contributed by atoms with Crippen molar-refractivity contribution in [1.29, 1.82) is 0 Å². The van der Waals surface area contributed by atoms with Gasteiger partial charge < -0.3 is 15.1 Å². The van der Waals surface area contributed by atoms with Crippen LogP contribution in [0, 0.1) is 0 Å². The molecule has 0 bridgehead atoms. The zero-order valence-corrected chi connectivity index (χ0v) is 15.2. The van der Waals surface area contributed by atoms with Gasteiger partial charge in [-0.3, -0.25) is 4.79 Å². The number of furan rings is 1. The Balaban J connectivity index is 1.34. The van der Waals surface area contributed by atoms with Crippen molar-refractivity contribution in [2.75, 3.05) is 10.6 Å². The molecule has 0 atom stereocenters. The fourth-order valence-electron chi connectivity index (χ4n) is 2.58. The van der Waals surface area contributed by atoms with Crippen molar-refractivity contribution in [2.45, 2.75) is 6.54 Å². The van der Waals surface area contributed by atoms with Crippen LogP contribution in [0.15, 0.2) is 83.6 Å². The second-order valence-electron chi connectivity index (χ2n) is 5.88. The first-order chi connectivity index (χ1) is 13.3. The lowest BCUT2D eigenvalue weighted by molar-refractivity contribution is 0.0996. The molecule has 0 saturated carbocycles. The normalized spacial score (nSPS) is 10.5. The Morgan fingerprint density at radius 3 is 2.56 bits per heavy atom. The summed E-state index contributed by atoms with van der Waals surface area (Å²) in [6.45, 7) is 0.661. The van der Waals surface area contributed by atoms with Gasteiger partial charge >= 0.3 is 0 Å². The minimum Gasteiger partial charge on any atom is -0.459 e. The van der Waals surface area contributed by atoms with Gasteiger partial charge in [-0.05, 0) is 35.4 Å². The number of carbonyl (C=O) groups excluding carboxylic acids is 1. The predicted octanol–water partition coefficient (Wildman–Crippen LogP) is 5.27. The van der Waals surface area contributed by atoms with E-state index in [1.807, 2.05) is 48.7 Å². The average molecular weight is 375 g/mol. The molecule has 0 saturated heterocycles. The second kappa shape index (κ2) is 7.88. The molecule has 1 amide bonds. The molecule has 0 aliphatic rings. The van der Waals surface area contributed by atoms with Crippen molar-refractivity contribution in [3.63, 3.8) is 0 Å². The number of nitrogens with zero attached hydrogens (tertiary/aromatic N) is 1. The topological polar surface area (TPSA) is 67.2 Å². The molecule has 0 unspecified atom stereocenters. The van der Waals surface area contributed by atoms with Gasteiger partial charge in [0.15, 0.2) is 10.9 Å². The fourth-order valence-corrected chi connectivity index (χ4v) is 3.39. The molecule has 5 nitrogen and oxygen atoms in total. The van der Waals surface area contributed by atoms with Crippen LogP contribution >= 0.6 is 11.3 Å². The van der Waals surface area contributed by atoms with Crippen LogP contribution in [0.5, 0.6) is 0 Å². The highest BCUT2D eigenvalue weighted by Crippen LogP contribution is 2.28. The first-order valence-electron chi connectivity index (χ1n) is 8.47. The van der Waals surface area contributed by atoms with E-state index < -0.39 is 0 Å². The van der Waals surface area contributed by atoms with Crippen molar-refractivity contribution >= 4 is 28.1 Å². The Hall–Kier alpha value is -3.38. The fraction of sp³-hybridized carbons (Fsp3) is 0.0476. The van der Waals surface area contributed by atoms with Crippen LogP contribution < -0.4 is 10.6 Å². The maximum absolute atomic E-state index is 12.0. The van der Waals surface area contributed by atoms with Gasteiger partial charge in [0.1, 0.15) is 0 Å². The van der Waals surface area contributed by atoms with Gasteiger partial charge in [-0.15, -0.1) is 0 Å². The van der Waals surface area contributed by atoms with Crippen LogP contribution in [-0.4, -0.2) is 10.9 Å². The lowest BCUT2D eigenvalue weighted by Gasteiger charge is -2.06. The first kappa shape index (κ1) is 17.1. The molecule has 134 valence electrons. The Morgan fingerprint density at radius 1 is 1.00 bits per heavy atom. The number of hydrogen-bond acceptors (Lipinski definition) is 5. The van der Waals surface area contributed by atoms with Gasteiger partial charge in [0.2, 0.25) is 0 Å². The molecule has 4 rings (SSSR count). The summed E-state index contributed by atoms with van der Waals surface area (Å²) in [5.74, 6) is 0.0286. The minimum atomic E-state index is -0.262. The summed E-state index contributed by atoms with van der Waals surface area (Å²) in [5.41, 5.74) is 2.99. The smallest absolute Gasteiger partial charge is 0.291 e. The monoisotopic (exact) mass is 375 g/mol. The standard InChI is InChI=1S/C21H17N3O2S/c25-20(18-7-4-12-26-18)24-17-10-8-15(9-11-17)13-22-21-23-14-19(27-21)16-5-2-1-3-6-16/h1-12,14H,13H2,(H,22,23)(H,24,25). The summed E-state index contributed by atoms with van der Waals surface area (Å²) in [6, 6.07) is 21.2. The lowest BCUT2D eigenvalue weighted by atomic mass is 10.2. The number of anilines is 2. The molecule has 0 spiro atoms. The predicted molar refractivity (Wildman–Crippen MR) is 108 cm³/mol. The van der Waals surface area contributed by atoms with Crippen LogP contribution in [0.1, 0.15) is 16.1 Å². The Labute approximate surface area is 160 Å². The number of carbonyl (C=O) groups is 1. The van der Waals surface area contributed by atoms with Crippen LogP contribution in [0.25, 0.3) is 10.4 Å². The van der Waals surface area contributed by atoms with E-state index in [9.17, 15) is 4.79 Å². The summed E-state index contributed by atoms with van der Waals surface area (Å²) in [5, 5.41) is 7.02. The van der Waals surface area contributed by atoms with Crippen molar-refractivity contribution < 1.29 is 9.21 Å². The van der Waals surface area contributed by atoms with Crippen LogP contribution in [0.2, 0.25) is 0 Å². The Kier molecular flexibility index (Phi) is 4.98. The number of aromatic nitrogens is 1. The molecule has 6 heteroatoms. The van der Waals surface area contributed by atoms with Gasteiger partial charge in [-0.1, -0.05) is 53.8 Å². The van der Waals surface area contributed by atoms with Gasteiger partial charge in [0, 0.05) is 18.4 Å². The number of hydrogen-bond donors (Lipinski definition) is 2. The maximum Gasteiger partial charge on any atom is 0.291 e. The SMILES string of the molecule is O=C(Nc1ccc(CNc2ncc(-c3ccccc3)s2)cc1)c1ccco1. The second-order valence-corrected chi connectivity index (χ2v) is 6.91. The van der Waals surface area contributed by atoms with Crippen molar-refractivity contribution in [2.24, 2.45) is 0 Å². The van der Waals surface area contributed by atoms with Crippen LogP contribution in [0.4, 0.5) is 10.8 Å². The third kappa shape index (κ3) is 4.24. The zero-order chi connectivity index (χ0) is 18.5. The van der Waals surface area contributed by atoms with Crippen molar-refractivity contribution in [3.05, 3.63) is 90.5 Å². The van der Waals surface area contributed by atoms with E-state index in [1.165, 1.54) is 11.8 Å². The summed E-state index contributed by atoms with van der Waals surface area (Å²) in [4.78, 5) is 17.5. The van der Waals surface area contributed by atoms with E-state index in [0.717, 1.165) is 21.3 Å². The molecule has 0 aliphatic heterocycles. The molecule has 2 aromatic carbocycles. The van der Waals surface area contributed by atoms with Crippen LogP contribution in [-0.2, 0) is 6.54 Å². The average Bonchev–Trinajstić information content (AvgIpc) is 3.40. The molecule has 4 aromatic rings. The quantitative estimate of drug-likeness (QED) is 0.482. The van der Waals surface area contributed by atoms with Gasteiger partial charge in [0.25, 0.3) is 5.91 Å². The van der Waals surface area contributed by atoms with Crippen molar-refractivity contribution in [3.8, 4) is 10.4 Å². The minimum absolute atomic E-state index is 0.262. The highest BCUT2D eigenvalue weighted by molar-refractivity contribution is 7.18. The zero-order valence-electron chi connectivity index (χ0n) is 14.4. The Bertz CT molecular complexity index is 1010. The maximum atomic E-state index is 12.0. The largest absolute Gasteiger partial charge is 0.459 e. The highest BCUT2D eigenvalue weighted by atomic mass is 32.1. The number of benzene rings is 2. The summed E-state index contributed by atoms with van der Waals surface area (Å²) in [6.07, 6.45) is 3.36. The van der Waals surface area contributed by atoms with Gasteiger partial charge in [-0.25, -0.2) is 4.98 Å². The first-order valence-corrected chi connectivity index (χ1v) is 9.28. The number of rotatable bonds is 6.